The van der Waals surface area contributed by atoms with Crippen LogP contribution in [0.1, 0.15) is 35.6 Å². The molecule has 3 heterocycles. The van der Waals surface area contributed by atoms with Gasteiger partial charge in [0.05, 0.1) is 19.2 Å². The average molecular weight is 376 g/mol. The molecular formula is C23H24N2O3. The Bertz CT molecular complexity index is 973. The van der Waals surface area contributed by atoms with E-state index in [1.165, 1.54) is 0 Å². The summed E-state index contributed by atoms with van der Waals surface area (Å²) in [6, 6.07) is 16.1. The lowest BCUT2D eigenvalue weighted by molar-refractivity contribution is -0.162. The first kappa shape index (κ1) is 17.3. The number of aryl methyl sites for hydroxylation is 1. The minimum atomic E-state index is -0.921. The van der Waals surface area contributed by atoms with Crippen molar-refractivity contribution in [1.29, 1.82) is 0 Å². The number of carbonyl (C=O) groups is 2. The van der Waals surface area contributed by atoms with Gasteiger partial charge in [-0.25, -0.2) is 0 Å². The first-order chi connectivity index (χ1) is 13.4. The van der Waals surface area contributed by atoms with Crippen molar-refractivity contribution < 1.29 is 14.3 Å². The first-order valence-electron chi connectivity index (χ1n) is 9.79. The van der Waals surface area contributed by atoms with Gasteiger partial charge in [0.25, 0.3) is 0 Å². The van der Waals surface area contributed by atoms with Gasteiger partial charge in [0, 0.05) is 24.4 Å². The Morgan fingerprint density at radius 2 is 1.86 bits per heavy atom. The third-order valence-electron chi connectivity index (χ3n) is 6.71. The van der Waals surface area contributed by atoms with Crippen LogP contribution in [0.2, 0.25) is 0 Å². The molecular weight excluding hydrogens is 352 g/mol. The number of likely N-dealkylation sites (N-methyl/N-ethyl adjacent to an activating group) is 1. The molecule has 2 aromatic carbocycles. The Hall–Kier alpha value is -2.82. The van der Waals surface area contributed by atoms with Crippen LogP contribution in [0.15, 0.2) is 48.5 Å². The maximum absolute atomic E-state index is 13.5. The predicted octanol–water partition coefficient (Wildman–Crippen LogP) is 2.90. The fraction of sp³-hybridized carbons (Fsp3) is 0.391. The van der Waals surface area contributed by atoms with Gasteiger partial charge in [0.2, 0.25) is 11.8 Å². The Balaban J connectivity index is 1.76. The average Bonchev–Trinajstić information content (AvgIpc) is 2.97. The van der Waals surface area contributed by atoms with E-state index in [1.54, 1.807) is 11.9 Å². The second-order valence-corrected chi connectivity index (χ2v) is 8.42. The molecule has 0 radical (unpaired) electrons. The third-order valence-corrected chi connectivity index (χ3v) is 6.71. The van der Waals surface area contributed by atoms with Crippen LogP contribution in [0.5, 0.6) is 5.75 Å². The van der Waals surface area contributed by atoms with Crippen LogP contribution >= 0.6 is 0 Å². The lowest BCUT2D eigenvalue weighted by Gasteiger charge is -2.46. The number of ether oxygens (including phenoxy) is 1. The van der Waals surface area contributed by atoms with E-state index in [9.17, 15) is 9.59 Å². The van der Waals surface area contributed by atoms with E-state index in [2.05, 4.69) is 18.2 Å². The van der Waals surface area contributed by atoms with E-state index in [0.29, 0.717) is 6.61 Å². The number of benzene rings is 2. The highest BCUT2D eigenvalue weighted by Gasteiger charge is 2.66. The molecule has 28 heavy (non-hydrogen) atoms. The maximum atomic E-state index is 13.5. The van der Waals surface area contributed by atoms with Crippen LogP contribution in [0.25, 0.3) is 0 Å². The van der Waals surface area contributed by atoms with Crippen molar-refractivity contribution in [3.63, 3.8) is 0 Å². The van der Waals surface area contributed by atoms with Crippen LogP contribution in [0.3, 0.4) is 0 Å². The van der Waals surface area contributed by atoms with Crippen molar-refractivity contribution in [3.8, 4) is 5.75 Å². The zero-order valence-electron chi connectivity index (χ0n) is 16.4. The highest BCUT2D eigenvalue weighted by atomic mass is 16.5. The number of piperazine rings is 1. The molecule has 3 aliphatic rings. The SMILES string of the molecule is Cc1ccc2c(c1)[C@H]1[C@H](CO2)[C@H](c2ccccc2)[C@]2(C)C(=O)N(C)CC(=O)N12. The van der Waals surface area contributed by atoms with Crippen molar-refractivity contribution in [2.75, 3.05) is 20.2 Å². The molecule has 144 valence electrons. The molecule has 3 aliphatic heterocycles. The molecule has 4 atom stereocenters. The second kappa shape index (κ2) is 5.84. The van der Waals surface area contributed by atoms with Gasteiger partial charge < -0.3 is 14.5 Å². The van der Waals surface area contributed by atoms with Crippen molar-refractivity contribution >= 4 is 11.8 Å². The molecule has 2 aromatic rings. The molecule has 0 aliphatic carbocycles. The molecule has 0 N–H and O–H groups in total. The van der Waals surface area contributed by atoms with E-state index in [4.69, 9.17) is 4.74 Å². The van der Waals surface area contributed by atoms with Crippen LogP contribution in [0.4, 0.5) is 0 Å². The molecule has 0 spiro atoms. The number of rotatable bonds is 1. The van der Waals surface area contributed by atoms with E-state index in [0.717, 1.165) is 22.4 Å². The van der Waals surface area contributed by atoms with Gasteiger partial charge in [-0.3, -0.25) is 9.59 Å². The lowest BCUT2D eigenvalue weighted by Crippen LogP contribution is -2.65. The molecule has 5 rings (SSSR count). The molecule has 0 bridgehead atoms. The van der Waals surface area contributed by atoms with Gasteiger partial charge in [-0.2, -0.15) is 0 Å². The molecule has 2 saturated heterocycles. The highest BCUT2D eigenvalue weighted by Crippen LogP contribution is 2.59. The van der Waals surface area contributed by atoms with E-state index >= 15 is 0 Å². The molecule has 0 saturated carbocycles. The van der Waals surface area contributed by atoms with Crippen molar-refractivity contribution in [2.24, 2.45) is 5.92 Å². The summed E-state index contributed by atoms with van der Waals surface area (Å²) in [5.74, 6) is 0.742. The summed E-state index contributed by atoms with van der Waals surface area (Å²) >= 11 is 0. The minimum Gasteiger partial charge on any atom is -0.493 e. The molecule has 2 fully saturated rings. The summed E-state index contributed by atoms with van der Waals surface area (Å²) < 4.78 is 6.13. The van der Waals surface area contributed by atoms with Crippen LogP contribution in [0, 0.1) is 12.8 Å². The largest absolute Gasteiger partial charge is 0.493 e. The number of nitrogens with zero attached hydrogens (tertiary/aromatic N) is 2. The van der Waals surface area contributed by atoms with E-state index < -0.39 is 5.54 Å². The van der Waals surface area contributed by atoms with Gasteiger partial charge in [-0.15, -0.1) is 0 Å². The Morgan fingerprint density at radius 3 is 2.61 bits per heavy atom. The fourth-order valence-corrected chi connectivity index (χ4v) is 5.62. The topological polar surface area (TPSA) is 49.9 Å². The van der Waals surface area contributed by atoms with Crippen molar-refractivity contribution in [3.05, 3.63) is 65.2 Å². The number of amides is 2. The van der Waals surface area contributed by atoms with Crippen LogP contribution in [-0.4, -0.2) is 47.4 Å². The molecule has 5 nitrogen and oxygen atoms in total. The second-order valence-electron chi connectivity index (χ2n) is 8.42. The van der Waals surface area contributed by atoms with Gasteiger partial charge in [-0.05, 0) is 25.5 Å². The lowest BCUT2D eigenvalue weighted by atomic mass is 9.73. The summed E-state index contributed by atoms with van der Waals surface area (Å²) in [5, 5.41) is 0. The summed E-state index contributed by atoms with van der Waals surface area (Å²) in [5.41, 5.74) is 2.31. The number of fused-ring (bicyclic) bond motifs is 5. The van der Waals surface area contributed by atoms with Crippen molar-refractivity contribution in [1.82, 2.24) is 9.80 Å². The molecule has 2 amide bonds. The Kier molecular flexibility index (Phi) is 3.60. The van der Waals surface area contributed by atoms with Crippen molar-refractivity contribution in [2.45, 2.75) is 31.3 Å². The fourth-order valence-electron chi connectivity index (χ4n) is 5.62. The first-order valence-corrected chi connectivity index (χ1v) is 9.79. The molecule has 0 aromatic heterocycles. The summed E-state index contributed by atoms with van der Waals surface area (Å²) in [6.07, 6.45) is 0. The number of hydrogen-bond acceptors (Lipinski definition) is 3. The number of hydrogen-bond donors (Lipinski definition) is 0. The minimum absolute atomic E-state index is 0.00422. The molecule has 5 heteroatoms. The summed E-state index contributed by atoms with van der Waals surface area (Å²) in [4.78, 5) is 30.2. The van der Waals surface area contributed by atoms with Gasteiger partial charge in [0.1, 0.15) is 11.3 Å². The quantitative estimate of drug-likeness (QED) is 0.769. The maximum Gasteiger partial charge on any atom is 0.249 e. The zero-order valence-corrected chi connectivity index (χ0v) is 16.4. The summed E-state index contributed by atoms with van der Waals surface area (Å²) in [7, 11) is 1.72. The molecule has 0 unspecified atom stereocenters. The zero-order chi connectivity index (χ0) is 19.6. The van der Waals surface area contributed by atoms with E-state index in [1.807, 2.05) is 49.1 Å². The smallest absolute Gasteiger partial charge is 0.249 e. The predicted molar refractivity (Wildman–Crippen MR) is 105 cm³/mol. The van der Waals surface area contributed by atoms with Gasteiger partial charge in [0.15, 0.2) is 0 Å². The standard InChI is InChI=1S/C23H24N2O3/c1-14-9-10-18-16(11-14)21-17(13-28-18)20(15-7-5-4-6-8-15)23(2)22(27)24(3)12-19(26)25(21)23/h4-11,17,20-21H,12-13H2,1-3H3/t17-,20+,21+,23-/m1/s1. The van der Waals surface area contributed by atoms with Crippen LogP contribution in [-0.2, 0) is 9.59 Å². The van der Waals surface area contributed by atoms with E-state index in [-0.39, 0.29) is 36.2 Å². The third kappa shape index (κ3) is 2.13. The van der Waals surface area contributed by atoms with Crippen LogP contribution < -0.4 is 4.74 Å². The van der Waals surface area contributed by atoms with Gasteiger partial charge in [-0.1, -0.05) is 48.0 Å². The highest BCUT2D eigenvalue weighted by molar-refractivity contribution is 5.99. The Labute approximate surface area is 164 Å². The summed E-state index contributed by atoms with van der Waals surface area (Å²) in [6.45, 7) is 4.61. The monoisotopic (exact) mass is 376 g/mol. The Morgan fingerprint density at radius 1 is 1.11 bits per heavy atom. The number of carbonyl (C=O) groups excluding carboxylic acids is 2. The van der Waals surface area contributed by atoms with Gasteiger partial charge >= 0.3 is 0 Å². The normalized spacial score (nSPS) is 31.2.